The lowest BCUT2D eigenvalue weighted by molar-refractivity contribution is -0.119. The molecule has 0 saturated carbocycles. The van der Waals surface area contributed by atoms with E-state index in [2.05, 4.69) is 12.2 Å². The predicted molar refractivity (Wildman–Crippen MR) is 138 cm³/mol. The Labute approximate surface area is 211 Å². The molecule has 3 aromatic rings. The second-order valence-electron chi connectivity index (χ2n) is 7.76. The molecule has 0 bridgehead atoms. The standard InChI is InChI=1S/C26H29ClN2O5S/c1-3-5-20-8-10-24(11-9-20)34-17-16-28-26(30)19-29(22-7-4-6-21(27)18-22)35(31,32)25-14-12-23(33-2)13-15-25/h4,6-15,18H,3,5,16-17,19H2,1-2H3,(H,28,30). The van der Waals surface area contributed by atoms with Crippen LogP contribution in [0.1, 0.15) is 18.9 Å². The zero-order valence-electron chi connectivity index (χ0n) is 19.7. The molecule has 0 unspecified atom stereocenters. The van der Waals surface area contributed by atoms with E-state index in [1.807, 2.05) is 24.3 Å². The van der Waals surface area contributed by atoms with Crippen molar-refractivity contribution >= 4 is 33.2 Å². The summed E-state index contributed by atoms with van der Waals surface area (Å²) in [6.45, 7) is 2.19. The van der Waals surface area contributed by atoms with Gasteiger partial charge in [0.25, 0.3) is 10.0 Å². The first-order valence-electron chi connectivity index (χ1n) is 11.2. The average Bonchev–Trinajstić information content (AvgIpc) is 2.86. The molecule has 9 heteroatoms. The topological polar surface area (TPSA) is 84.9 Å². The molecule has 0 aromatic heterocycles. The highest BCUT2D eigenvalue weighted by atomic mass is 35.5. The number of aryl methyl sites for hydroxylation is 1. The Kier molecular flexibility index (Phi) is 9.39. The number of sulfonamides is 1. The molecule has 0 atom stereocenters. The van der Waals surface area contributed by atoms with Crippen molar-refractivity contribution in [2.24, 2.45) is 0 Å². The van der Waals surface area contributed by atoms with Gasteiger partial charge in [0.05, 0.1) is 24.2 Å². The van der Waals surface area contributed by atoms with Crippen molar-refractivity contribution in [1.82, 2.24) is 5.32 Å². The predicted octanol–water partition coefficient (Wildman–Crippen LogP) is 4.69. The van der Waals surface area contributed by atoms with Crippen LogP contribution in [0.3, 0.4) is 0 Å². The largest absolute Gasteiger partial charge is 0.497 e. The SMILES string of the molecule is CCCc1ccc(OCCNC(=O)CN(c2cccc(Cl)c2)S(=O)(=O)c2ccc(OC)cc2)cc1. The van der Waals surface area contributed by atoms with Crippen LogP contribution in [-0.2, 0) is 21.2 Å². The lowest BCUT2D eigenvalue weighted by Gasteiger charge is -2.24. The number of anilines is 1. The van der Waals surface area contributed by atoms with Crippen molar-refractivity contribution in [3.8, 4) is 11.5 Å². The molecule has 0 heterocycles. The van der Waals surface area contributed by atoms with Crippen LogP contribution in [-0.4, -0.2) is 41.1 Å². The number of carbonyl (C=O) groups excluding carboxylic acids is 1. The average molecular weight is 517 g/mol. The molecule has 0 aliphatic carbocycles. The Hall–Kier alpha value is -3.23. The molecule has 0 spiro atoms. The van der Waals surface area contributed by atoms with Crippen LogP contribution in [0.25, 0.3) is 0 Å². The summed E-state index contributed by atoms with van der Waals surface area (Å²) in [7, 11) is -2.55. The smallest absolute Gasteiger partial charge is 0.264 e. The summed E-state index contributed by atoms with van der Waals surface area (Å²) in [6, 6.07) is 20.2. The molecule has 0 aliphatic rings. The van der Waals surface area contributed by atoms with Crippen LogP contribution in [0, 0.1) is 0 Å². The molecular formula is C26H29ClN2O5S. The zero-order valence-corrected chi connectivity index (χ0v) is 21.3. The maximum absolute atomic E-state index is 13.4. The molecule has 1 N–H and O–H groups in total. The molecule has 3 rings (SSSR count). The number of halogens is 1. The lowest BCUT2D eigenvalue weighted by Crippen LogP contribution is -2.41. The number of nitrogens with one attached hydrogen (secondary N) is 1. The number of hydrogen-bond acceptors (Lipinski definition) is 5. The van der Waals surface area contributed by atoms with Gasteiger partial charge in [-0.1, -0.05) is 43.1 Å². The molecule has 0 aliphatic heterocycles. The Morgan fingerprint density at radius 2 is 1.69 bits per heavy atom. The second-order valence-corrected chi connectivity index (χ2v) is 10.1. The van der Waals surface area contributed by atoms with E-state index in [1.165, 1.54) is 30.9 Å². The summed E-state index contributed by atoms with van der Waals surface area (Å²) in [5, 5.41) is 3.08. The van der Waals surface area contributed by atoms with Crippen LogP contribution in [0.4, 0.5) is 5.69 Å². The van der Waals surface area contributed by atoms with Crippen LogP contribution < -0.4 is 19.1 Å². The maximum Gasteiger partial charge on any atom is 0.264 e. The van der Waals surface area contributed by atoms with E-state index in [0.717, 1.165) is 17.1 Å². The van der Waals surface area contributed by atoms with E-state index in [1.54, 1.807) is 30.3 Å². The molecule has 35 heavy (non-hydrogen) atoms. The molecule has 1 amide bonds. The van der Waals surface area contributed by atoms with E-state index in [0.29, 0.717) is 16.5 Å². The third-order valence-electron chi connectivity index (χ3n) is 5.19. The van der Waals surface area contributed by atoms with Crippen LogP contribution in [0.15, 0.2) is 77.7 Å². The van der Waals surface area contributed by atoms with Gasteiger partial charge in [0.15, 0.2) is 0 Å². The van der Waals surface area contributed by atoms with E-state index < -0.39 is 22.5 Å². The van der Waals surface area contributed by atoms with Gasteiger partial charge in [0.1, 0.15) is 24.7 Å². The van der Waals surface area contributed by atoms with Gasteiger partial charge in [-0.2, -0.15) is 0 Å². The number of hydrogen-bond donors (Lipinski definition) is 1. The summed E-state index contributed by atoms with van der Waals surface area (Å²) in [4.78, 5) is 12.7. The number of methoxy groups -OCH3 is 1. The van der Waals surface area contributed by atoms with E-state index in [4.69, 9.17) is 21.1 Å². The quantitative estimate of drug-likeness (QED) is 0.353. The molecule has 7 nitrogen and oxygen atoms in total. The zero-order chi connectivity index (χ0) is 25.3. The van der Waals surface area contributed by atoms with Gasteiger partial charge in [-0.15, -0.1) is 0 Å². The Bertz CT molecular complexity index is 1220. The van der Waals surface area contributed by atoms with Gasteiger partial charge >= 0.3 is 0 Å². The molecule has 186 valence electrons. The van der Waals surface area contributed by atoms with Gasteiger partial charge in [0, 0.05) is 5.02 Å². The van der Waals surface area contributed by atoms with E-state index >= 15 is 0 Å². The third kappa shape index (κ3) is 7.37. The van der Waals surface area contributed by atoms with E-state index in [9.17, 15) is 13.2 Å². The van der Waals surface area contributed by atoms with Crippen LogP contribution in [0.2, 0.25) is 5.02 Å². The number of ether oxygens (including phenoxy) is 2. The fourth-order valence-corrected chi connectivity index (χ4v) is 5.01. The summed E-state index contributed by atoms with van der Waals surface area (Å²) >= 11 is 6.09. The normalized spacial score (nSPS) is 11.1. The Balaban J connectivity index is 1.66. The minimum atomic E-state index is -4.05. The first kappa shape index (κ1) is 26.4. The molecular weight excluding hydrogens is 488 g/mol. The van der Waals surface area contributed by atoms with Gasteiger partial charge in [-0.3, -0.25) is 9.10 Å². The number of benzene rings is 3. The van der Waals surface area contributed by atoms with Crippen molar-refractivity contribution in [1.29, 1.82) is 0 Å². The number of carbonyl (C=O) groups is 1. The fourth-order valence-electron chi connectivity index (χ4n) is 3.41. The summed E-state index contributed by atoms with van der Waals surface area (Å²) in [5.41, 5.74) is 1.53. The van der Waals surface area contributed by atoms with Crippen molar-refractivity contribution in [2.75, 3.05) is 31.1 Å². The van der Waals surface area contributed by atoms with Crippen molar-refractivity contribution in [3.63, 3.8) is 0 Å². The van der Waals surface area contributed by atoms with Gasteiger partial charge in [-0.05, 0) is 66.6 Å². The number of nitrogens with zero attached hydrogens (tertiary/aromatic N) is 1. The maximum atomic E-state index is 13.4. The van der Waals surface area contributed by atoms with Crippen LogP contribution in [0.5, 0.6) is 11.5 Å². The summed E-state index contributed by atoms with van der Waals surface area (Å²) < 4.78 is 38.6. The molecule has 0 saturated heterocycles. The summed E-state index contributed by atoms with van der Waals surface area (Å²) in [6.07, 6.45) is 2.09. The third-order valence-corrected chi connectivity index (χ3v) is 7.21. The fraction of sp³-hybridized carbons (Fsp3) is 0.269. The van der Waals surface area contributed by atoms with Crippen molar-refractivity contribution in [2.45, 2.75) is 24.7 Å². The number of rotatable bonds is 12. The summed E-state index contributed by atoms with van der Waals surface area (Å²) in [5.74, 6) is 0.765. The van der Waals surface area contributed by atoms with Gasteiger partial charge < -0.3 is 14.8 Å². The van der Waals surface area contributed by atoms with Crippen molar-refractivity contribution in [3.05, 3.63) is 83.4 Å². The highest BCUT2D eigenvalue weighted by molar-refractivity contribution is 7.92. The van der Waals surface area contributed by atoms with Gasteiger partial charge in [-0.25, -0.2) is 8.42 Å². The monoisotopic (exact) mass is 516 g/mol. The minimum Gasteiger partial charge on any atom is -0.497 e. The first-order valence-corrected chi connectivity index (χ1v) is 13.1. The highest BCUT2D eigenvalue weighted by Gasteiger charge is 2.27. The molecule has 3 aromatic carbocycles. The van der Waals surface area contributed by atoms with E-state index in [-0.39, 0.29) is 23.7 Å². The van der Waals surface area contributed by atoms with Gasteiger partial charge in [0.2, 0.25) is 5.91 Å². The highest BCUT2D eigenvalue weighted by Crippen LogP contribution is 2.27. The minimum absolute atomic E-state index is 0.0286. The molecule has 0 radical (unpaired) electrons. The Morgan fingerprint density at radius 3 is 2.31 bits per heavy atom. The number of amides is 1. The first-order chi connectivity index (χ1) is 16.8. The second kappa shape index (κ2) is 12.5. The van der Waals surface area contributed by atoms with Crippen LogP contribution >= 0.6 is 11.6 Å². The Morgan fingerprint density at radius 1 is 1.00 bits per heavy atom. The molecule has 0 fully saturated rings. The lowest BCUT2D eigenvalue weighted by atomic mass is 10.1. The van der Waals surface area contributed by atoms with Crippen molar-refractivity contribution < 1.29 is 22.7 Å².